The number of aryl methyl sites for hydroxylation is 2. The summed E-state index contributed by atoms with van der Waals surface area (Å²) in [6, 6.07) is 15.5. The third kappa shape index (κ3) is 3.97. The van der Waals surface area contributed by atoms with Crippen LogP contribution in [0.15, 0.2) is 72.6 Å². The molecule has 0 saturated carbocycles. The van der Waals surface area contributed by atoms with Crippen molar-refractivity contribution in [3.63, 3.8) is 0 Å². The summed E-state index contributed by atoms with van der Waals surface area (Å²) in [5.41, 5.74) is 3.92. The van der Waals surface area contributed by atoms with Gasteiger partial charge in [0.25, 0.3) is 11.7 Å². The number of nitrogens with zero attached hydrogens (tertiary/aromatic N) is 2. The third-order valence-corrected chi connectivity index (χ3v) is 5.73. The van der Waals surface area contributed by atoms with Crippen LogP contribution in [0.2, 0.25) is 5.02 Å². The zero-order chi connectivity index (χ0) is 22.1. The number of amides is 1. The second kappa shape index (κ2) is 8.36. The lowest BCUT2D eigenvalue weighted by Gasteiger charge is -2.25. The lowest BCUT2D eigenvalue weighted by Crippen LogP contribution is -2.29. The molecule has 156 valence electrons. The van der Waals surface area contributed by atoms with Crippen LogP contribution in [0.5, 0.6) is 0 Å². The first-order chi connectivity index (χ1) is 14.9. The number of carbonyl (C=O) groups excluding carboxylic acids is 2. The first-order valence-electron chi connectivity index (χ1n) is 9.87. The molecule has 1 saturated heterocycles. The van der Waals surface area contributed by atoms with Crippen molar-refractivity contribution in [1.82, 2.24) is 9.88 Å². The van der Waals surface area contributed by atoms with Gasteiger partial charge in [-0.3, -0.25) is 14.6 Å². The maximum Gasteiger partial charge on any atom is 0.295 e. The molecule has 1 atom stereocenters. The minimum Gasteiger partial charge on any atom is -0.507 e. The van der Waals surface area contributed by atoms with Crippen LogP contribution in [0.25, 0.3) is 5.76 Å². The zero-order valence-electron chi connectivity index (χ0n) is 17.2. The Labute approximate surface area is 185 Å². The molecular formula is C25H21ClN2O3. The van der Waals surface area contributed by atoms with Gasteiger partial charge in [0.15, 0.2) is 0 Å². The summed E-state index contributed by atoms with van der Waals surface area (Å²) in [7, 11) is 0. The van der Waals surface area contributed by atoms with Gasteiger partial charge in [0.05, 0.1) is 11.6 Å². The number of likely N-dealkylation sites (tertiary alicyclic amines) is 1. The average molecular weight is 433 g/mol. The summed E-state index contributed by atoms with van der Waals surface area (Å²) < 4.78 is 0. The van der Waals surface area contributed by atoms with Crippen molar-refractivity contribution >= 4 is 29.1 Å². The van der Waals surface area contributed by atoms with Gasteiger partial charge < -0.3 is 10.0 Å². The van der Waals surface area contributed by atoms with Gasteiger partial charge in [-0.2, -0.15) is 0 Å². The zero-order valence-corrected chi connectivity index (χ0v) is 17.9. The van der Waals surface area contributed by atoms with Gasteiger partial charge in [0.2, 0.25) is 0 Å². The van der Waals surface area contributed by atoms with Crippen LogP contribution in [0.3, 0.4) is 0 Å². The van der Waals surface area contributed by atoms with Crippen LogP contribution < -0.4 is 0 Å². The highest BCUT2D eigenvalue weighted by atomic mass is 35.5. The third-order valence-electron chi connectivity index (χ3n) is 5.48. The van der Waals surface area contributed by atoms with Crippen LogP contribution >= 0.6 is 11.6 Å². The molecule has 1 aliphatic heterocycles. The highest BCUT2D eigenvalue weighted by Gasteiger charge is 2.46. The number of hydrogen-bond donors (Lipinski definition) is 1. The monoisotopic (exact) mass is 432 g/mol. The molecule has 0 aliphatic carbocycles. The van der Waals surface area contributed by atoms with E-state index < -0.39 is 17.7 Å². The van der Waals surface area contributed by atoms with Crippen LogP contribution in [0.1, 0.15) is 33.9 Å². The van der Waals surface area contributed by atoms with Crippen molar-refractivity contribution in [2.45, 2.75) is 26.4 Å². The first kappa shape index (κ1) is 20.8. The molecule has 4 rings (SSSR count). The lowest BCUT2D eigenvalue weighted by atomic mass is 9.93. The lowest BCUT2D eigenvalue weighted by molar-refractivity contribution is -0.140. The maximum atomic E-state index is 13.1. The standard InChI is InChI=1S/C25H21ClN2O3/c1-15-3-4-16(2)20(13-15)23(29)21-22(18-5-7-19(26)8-6-18)28(25(31)24(21)30)14-17-9-11-27-12-10-17/h3-13,22,29H,14H2,1-2H3/b23-21+. The Morgan fingerprint density at radius 3 is 2.39 bits per heavy atom. The quantitative estimate of drug-likeness (QED) is 0.359. The van der Waals surface area contributed by atoms with Gasteiger partial charge in [0.1, 0.15) is 5.76 Å². The van der Waals surface area contributed by atoms with E-state index in [1.807, 2.05) is 32.0 Å². The molecule has 2 heterocycles. The Balaban J connectivity index is 1.90. The fourth-order valence-electron chi connectivity index (χ4n) is 3.86. The molecule has 1 N–H and O–H groups in total. The predicted molar refractivity (Wildman–Crippen MR) is 119 cm³/mol. The molecule has 0 spiro atoms. The molecule has 3 aromatic rings. The van der Waals surface area contributed by atoms with Crippen molar-refractivity contribution in [2.24, 2.45) is 0 Å². The Morgan fingerprint density at radius 2 is 1.71 bits per heavy atom. The smallest absolute Gasteiger partial charge is 0.295 e. The minimum absolute atomic E-state index is 0.0788. The van der Waals surface area contributed by atoms with Crippen molar-refractivity contribution in [1.29, 1.82) is 0 Å². The first-order valence-corrected chi connectivity index (χ1v) is 10.2. The van der Waals surface area contributed by atoms with E-state index in [1.54, 1.807) is 48.8 Å². The number of pyridine rings is 1. The topological polar surface area (TPSA) is 70.5 Å². The van der Waals surface area contributed by atoms with E-state index in [9.17, 15) is 14.7 Å². The van der Waals surface area contributed by atoms with E-state index >= 15 is 0 Å². The van der Waals surface area contributed by atoms with Gasteiger partial charge >= 0.3 is 0 Å². The Kier molecular flexibility index (Phi) is 5.61. The molecule has 1 aromatic heterocycles. The van der Waals surface area contributed by atoms with E-state index in [2.05, 4.69) is 4.98 Å². The van der Waals surface area contributed by atoms with Crippen molar-refractivity contribution in [2.75, 3.05) is 0 Å². The highest BCUT2D eigenvalue weighted by molar-refractivity contribution is 6.46. The minimum atomic E-state index is -0.731. The van der Waals surface area contributed by atoms with E-state index in [0.29, 0.717) is 16.1 Å². The molecule has 0 radical (unpaired) electrons. The van der Waals surface area contributed by atoms with E-state index in [0.717, 1.165) is 16.7 Å². The highest BCUT2D eigenvalue weighted by Crippen LogP contribution is 2.41. The van der Waals surface area contributed by atoms with Crippen molar-refractivity contribution in [3.8, 4) is 0 Å². The van der Waals surface area contributed by atoms with Crippen LogP contribution in [0, 0.1) is 13.8 Å². The van der Waals surface area contributed by atoms with Gasteiger partial charge in [0, 0.05) is 29.5 Å². The average Bonchev–Trinajstić information content (AvgIpc) is 3.01. The number of halogens is 1. The Morgan fingerprint density at radius 1 is 1.03 bits per heavy atom. The van der Waals surface area contributed by atoms with Crippen molar-refractivity contribution < 1.29 is 14.7 Å². The molecule has 6 heteroatoms. The molecule has 1 fully saturated rings. The molecule has 5 nitrogen and oxygen atoms in total. The van der Waals surface area contributed by atoms with Crippen LogP contribution in [0.4, 0.5) is 0 Å². The number of benzene rings is 2. The number of Topliss-reactive ketones (excluding diaryl/α,β-unsaturated/α-hetero) is 1. The summed E-state index contributed by atoms with van der Waals surface area (Å²) in [5, 5.41) is 11.8. The summed E-state index contributed by atoms with van der Waals surface area (Å²) in [6.07, 6.45) is 3.28. The Bertz CT molecular complexity index is 1190. The second-order valence-corrected chi connectivity index (χ2v) is 8.09. The maximum absolute atomic E-state index is 13.1. The predicted octanol–water partition coefficient (Wildman–Crippen LogP) is 4.97. The summed E-state index contributed by atoms with van der Waals surface area (Å²) in [5.74, 6) is -1.52. The number of rotatable bonds is 4. The molecule has 0 bridgehead atoms. The summed E-state index contributed by atoms with van der Waals surface area (Å²) >= 11 is 6.06. The molecule has 31 heavy (non-hydrogen) atoms. The van der Waals surface area contributed by atoms with E-state index in [-0.39, 0.29) is 17.9 Å². The molecule has 1 amide bonds. The van der Waals surface area contributed by atoms with E-state index in [4.69, 9.17) is 11.6 Å². The molecular weight excluding hydrogens is 412 g/mol. The number of ketones is 1. The molecule has 1 unspecified atom stereocenters. The largest absolute Gasteiger partial charge is 0.507 e. The Hall–Kier alpha value is -3.44. The van der Waals surface area contributed by atoms with Gasteiger partial charge in [-0.05, 0) is 60.9 Å². The number of hydrogen-bond acceptors (Lipinski definition) is 4. The SMILES string of the molecule is Cc1ccc(C)c(/C(O)=C2\C(=O)C(=O)N(Cc3ccncc3)C2c2ccc(Cl)cc2)c1. The second-order valence-electron chi connectivity index (χ2n) is 7.65. The van der Waals surface area contributed by atoms with Crippen molar-refractivity contribution in [3.05, 3.63) is 105 Å². The summed E-state index contributed by atoms with van der Waals surface area (Å²) in [6.45, 7) is 3.98. The van der Waals surface area contributed by atoms with Gasteiger partial charge in [-0.15, -0.1) is 0 Å². The fraction of sp³-hybridized carbons (Fsp3) is 0.160. The van der Waals surface area contributed by atoms with Gasteiger partial charge in [-0.25, -0.2) is 0 Å². The van der Waals surface area contributed by atoms with Gasteiger partial charge in [-0.1, -0.05) is 41.4 Å². The number of aromatic nitrogens is 1. The van der Waals surface area contributed by atoms with Crippen LogP contribution in [-0.4, -0.2) is 26.7 Å². The van der Waals surface area contributed by atoms with Crippen LogP contribution in [-0.2, 0) is 16.1 Å². The number of aliphatic hydroxyl groups excluding tert-OH is 1. The summed E-state index contributed by atoms with van der Waals surface area (Å²) in [4.78, 5) is 31.7. The molecule has 2 aromatic carbocycles. The molecule has 1 aliphatic rings. The number of carbonyl (C=O) groups is 2. The number of aliphatic hydroxyl groups is 1. The fourth-order valence-corrected chi connectivity index (χ4v) is 3.98. The normalized spacial score (nSPS) is 17.9. The van der Waals surface area contributed by atoms with E-state index in [1.165, 1.54) is 4.90 Å².